The molecule has 1 fully saturated rings. The number of hydrogen-bond acceptors (Lipinski definition) is 5. The van der Waals surface area contributed by atoms with Gasteiger partial charge in [0.1, 0.15) is 5.75 Å². The van der Waals surface area contributed by atoms with E-state index in [1.165, 1.54) is 0 Å². The molecule has 0 radical (unpaired) electrons. The molecule has 0 aromatic heterocycles. The second-order valence-electron chi connectivity index (χ2n) is 6.46. The summed E-state index contributed by atoms with van der Waals surface area (Å²) >= 11 is 1.69. The van der Waals surface area contributed by atoms with Gasteiger partial charge in [0.25, 0.3) is 0 Å². The Bertz CT molecular complexity index is 514. The highest BCUT2D eigenvalue weighted by molar-refractivity contribution is 7.99. The molecule has 134 valence electrons. The van der Waals surface area contributed by atoms with Crippen LogP contribution < -0.4 is 10.1 Å². The minimum absolute atomic E-state index is 0.0391. The summed E-state index contributed by atoms with van der Waals surface area (Å²) in [5, 5.41) is 3.07. The van der Waals surface area contributed by atoms with E-state index in [9.17, 15) is 4.79 Å². The third kappa shape index (κ3) is 6.00. The van der Waals surface area contributed by atoms with Gasteiger partial charge in [-0.1, -0.05) is 0 Å². The molecule has 1 aliphatic heterocycles. The Morgan fingerprint density at radius 1 is 1.29 bits per heavy atom. The summed E-state index contributed by atoms with van der Waals surface area (Å²) in [6.07, 6.45) is 0.524. The maximum absolute atomic E-state index is 12.1. The molecule has 1 amide bonds. The molecule has 0 saturated carbocycles. The van der Waals surface area contributed by atoms with Crippen molar-refractivity contribution in [2.45, 2.75) is 30.7 Å². The van der Waals surface area contributed by atoms with Crippen LogP contribution in [0, 0.1) is 0 Å². The van der Waals surface area contributed by atoms with Gasteiger partial charge in [0.05, 0.1) is 20.3 Å². The van der Waals surface area contributed by atoms with Crippen LogP contribution in [0.5, 0.6) is 5.75 Å². The van der Waals surface area contributed by atoms with E-state index in [0.717, 1.165) is 42.7 Å². The number of carbonyl (C=O) groups excluding carboxylic acids is 1. The molecular weight excluding hydrogens is 324 g/mol. The van der Waals surface area contributed by atoms with Gasteiger partial charge < -0.3 is 14.8 Å². The van der Waals surface area contributed by atoms with Crippen molar-refractivity contribution in [1.82, 2.24) is 10.2 Å². The number of thioether (sulfide) groups is 1. The molecule has 2 rings (SSSR count). The highest BCUT2D eigenvalue weighted by Gasteiger charge is 2.28. The van der Waals surface area contributed by atoms with E-state index >= 15 is 0 Å². The summed E-state index contributed by atoms with van der Waals surface area (Å²) in [5.74, 6) is 1.73. The van der Waals surface area contributed by atoms with Crippen molar-refractivity contribution >= 4 is 17.7 Å². The number of nitrogens with zero attached hydrogens (tertiary/aromatic N) is 1. The van der Waals surface area contributed by atoms with Crippen LogP contribution in [-0.2, 0) is 9.53 Å². The molecule has 1 aliphatic rings. The second-order valence-corrected chi connectivity index (χ2v) is 7.63. The lowest BCUT2D eigenvalue weighted by Gasteiger charge is -2.40. The van der Waals surface area contributed by atoms with Gasteiger partial charge in [-0.15, -0.1) is 11.8 Å². The number of nitrogens with one attached hydrogen (secondary N) is 1. The highest BCUT2D eigenvalue weighted by Crippen LogP contribution is 2.22. The van der Waals surface area contributed by atoms with Gasteiger partial charge in [0.2, 0.25) is 5.91 Å². The van der Waals surface area contributed by atoms with Gasteiger partial charge in [0, 0.05) is 42.2 Å². The van der Waals surface area contributed by atoms with Gasteiger partial charge >= 0.3 is 0 Å². The Morgan fingerprint density at radius 2 is 1.96 bits per heavy atom. The van der Waals surface area contributed by atoms with Gasteiger partial charge in [-0.05, 0) is 38.1 Å². The smallest absolute Gasteiger partial charge is 0.220 e. The molecule has 5 nitrogen and oxygen atoms in total. The molecule has 0 aliphatic carbocycles. The highest BCUT2D eigenvalue weighted by atomic mass is 32.2. The summed E-state index contributed by atoms with van der Waals surface area (Å²) in [7, 11) is 1.66. The quantitative estimate of drug-likeness (QED) is 0.728. The molecule has 24 heavy (non-hydrogen) atoms. The molecule has 0 atom stereocenters. The minimum Gasteiger partial charge on any atom is -0.497 e. The molecule has 1 aromatic carbocycles. The first kappa shape index (κ1) is 19.1. The summed E-state index contributed by atoms with van der Waals surface area (Å²) in [6.45, 7) is 8.41. The number of morpholine rings is 1. The third-order valence-electron chi connectivity index (χ3n) is 4.24. The summed E-state index contributed by atoms with van der Waals surface area (Å²) < 4.78 is 10.5. The number of hydrogen-bond donors (Lipinski definition) is 1. The van der Waals surface area contributed by atoms with E-state index in [4.69, 9.17) is 9.47 Å². The van der Waals surface area contributed by atoms with Gasteiger partial charge in [-0.2, -0.15) is 0 Å². The van der Waals surface area contributed by atoms with E-state index < -0.39 is 0 Å². The lowest BCUT2D eigenvalue weighted by molar-refractivity contribution is -0.121. The zero-order valence-electron chi connectivity index (χ0n) is 14.8. The van der Waals surface area contributed by atoms with E-state index in [2.05, 4.69) is 24.1 Å². The van der Waals surface area contributed by atoms with E-state index in [1.807, 2.05) is 24.3 Å². The van der Waals surface area contributed by atoms with Gasteiger partial charge in [-0.3, -0.25) is 9.69 Å². The van der Waals surface area contributed by atoms with Crippen molar-refractivity contribution in [3.05, 3.63) is 24.3 Å². The number of amides is 1. The third-order valence-corrected chi connectivity index (χ3v) is 5.26. The van der Waals surface area contributed by atoms with Crippen molar-refractivity contribution in [1.29, 1.82) is 0 Å². The molecule has 6 heteroatoms. The SMILES string of the molecule is COc1ccc(SCCC(=O)NCC(C)(C)N2CCOCC2)cc1. The molecule has 0 unspecified atom stereocenters. The van der Waals surface area contributed by atoms with E-state index in [0.29, 0.717) is 13.0 Å². The number of carbonyl (C=O) groups is 1. The number of methoxy groups -OCH3 is 1. The maximum atomic E-state index is 12.1. The topological polar surface area (TPSA) is 50.8 Å². The Kier molecular flexibility index (Phi) is 7.40. The monoisotopic (exact) mass is 352 g/mol. The maximum Gasteiger partial charge on any atom is 0.220 e. The molecule has 0 spiro atoms. The van der Waals surface area contributed by atoms with Crippen LogP contribution >= 0.6 is 11.8 Å². The second kappa shape index (κ2) is 9.30. The largest absolute Gasteiger partial charge is 0.497 e. The molecule has 1 heterocycles. The van der Waals surface area contributed by atoms with Crippen molar-refractivity contribution in [3.63, 3.8) is 0 Å². The van der Waals surface area contributed by atoms with Gasteiger partial charge in [0.15, 0.2) is 0 Å². The number of benzene rings is 1. The van der Waals surface area contributed by atoms with E-state index in [-0.39, 0.29) is 11.4 Å². The molecule has 1 saturated heterocycles. The minimum atomic E-state index is -0.0391. The fourth-order valence-corrected chi connectivity index (χ4v) is 3.47. The number of rotatable bonds is 8. The van der Waals surface area contributed by atoms with Crippen LogP contribution in [0.2, 0.25) is 0 Å². The van der Waals surface area contributed by atoms with Crippen molar-refractivity contribution in [2.24, 2.45) is 0 Å². The molecule has 1 aromatic rings. The normalized spacial score (nSPS) is 16.0. The fraction of sp³-hybridized carbons (Fsp3) is 0.611. The van der Waals surface area contributed by atoms with Crippen LogP contribution in [0.3, 0.4) is 0 Å². The van der Waals surface area contributed by atoms with Crippen LogP contribution in [0.1, 0.15) is 20.3 Å². The van der Waals surface area contributed by atoms with Crippen molar-refractivity contribution in [2.75, 3.05) is 45.7 Å². The lowest BCUT2D eigenvalue weighted by atomic mass is 10.0. The van der Waals surface area contributed by atoms with Gasteiger partial charge in [-0.25, -0.2) is 0 Å². The molecule has 0 bridgehead atoms. The first-order valence-electron chi connectivity index (χ1n) is 8.37. The van der Waals surface area contributed by atoms with Crippen LogP contribution in [0.4, 0.5) is 0 Å². The lowest BCUT2D eigenvalue weighted by Crippen LogP contribution is -2.55. The number of ether oxygens (including phenoxy) is 2. The predicted molar refractivity (Wildman–Crippen MR) is 97.8 cm³/mol. The first-order chi connectivity index (χ1) is 11.5. The Morgan fingerprint density at radius 3 is 2.58 bits per heavy atom. The van der Waals surface area contributed by atoms with Crippen LogP contribution in [0.25, 0.3) is 0 Å². The van der Waals surface area contributed by atoms with Crippen LogP contribution in [0.15, 0.2) is 29.2 Å². The Balaban J connectivity index is 1.67. The molecule has 1 N–H and O–H groups in total. The van der Waals surface area contributed by atoms with Crippen molar-refractivity contribution < 1.29 is 14.3 Å². The van der Waals surface area contributed by atoms with Crippen LogP contribution in [-0.4, -0.2) is 62.1 Å². The summed E-state index contributed by atoms with van der Waals surface area (Å²) in [6, 6.07) is 7.91. The van der Waals surface area contributed by atoms with E-state index in [1.54, 1.807) is 18.9 Å². The Labute approximate surface area is 149 Å². The Hall–Kier alpha value is -1.24. The fourth-order valence-electron chi connectivity index (χ4n) is 2.62. The summed E-state index contributed by atoms with van der Waals surface area (Å²) in [5.41, 5.74) is -0.0391. The predicted octanol–water partition coefficient (Wildman–Crippen LogP) is 2.40. The van der Waals surface area contributed by atoms with Crippen molar-refractivity contribution in [3.8, 4) is 5.75 Å². The molecular formula is C18H28N2O3S. The zero-order valence-corrected chi connectivity index (χ0v) is 15.7. The standard InChI is InChI=1S/C18H28N2O3S/c1-18(2,20-9-11-23-12-10-20)14-19-17(21)8-13-24-16-6-4-15(22-3)5-7-16/h4-7H,8-14H2,1-3H3,(H,19,21). The first-order valence-corrected chi connectivity index (χ1v) is 9.36. The average Bonchev–Trinajstić information content (AvgIpc) is 2.61. The summed E-state index contributed by atoms with van der Waals surface area (Å²) in [4.78, 5) is 15.6. The zero-order chi connectivity index (χ0) is 17.4. The average molecular weight is 353 g/mol.